The molecule has 0 aliphatic carbocycles. The van der Waals surface area contributed by atoms with Crippen LogP contribution in [-0.2, 0) is 0 Å². The quantitative estimate of drug-likeness (QED) is 0.365. The summed E-state index contributed by atoms with van der Waals surface area (Å²) in [6.07, 6.45) is -1.33. The van der Waals surface area contributed by atoms with Crippen molar-refractivity contribution >= 4 is 6.09 Å². The fourth-order valence-corrected chi connectivity index (χ4v) is 0. The summed E-state index contributed by atoms with van der Waals surface area (Å²) in [7, 11) is 1.50. The molecule has 0 atom stereocenters. The minimum absolute atomic E-state index is 1.33. The van der Waals surface area contributed by atoms with Crippen LogP contribution < -0.4 is 11.5 Å². The Morgan fingerprint density at radius 2 is 1.67 bits per heavy atom. The van der Waals surface area contributed by atoms with Gasteiger partial charge in [-0.3, -0.25) is 0 Å². The second kappa shape index (κ2) is 8.87. The molecule has 0 rings (SSSR count). The van der Waals surface area contributed by atoms with Crippen LogP contribution >= 0.6 is 0 Å². The van der Waals surface area contributed by atoms with E-state index in [2.05, 4.69) is 11.5 Å². The second-order valence-corrected chi connectivity index (χ2v) is 0.338. The fourth-order valence-electron chi connectivity index (χ4n) is 0. The number of nitrogens with two attached hydrogens (primary N) is 2. The van der Waals surface area contributed by atoms with E-state index >= 15 is 0 Å². The Labute approximate surface area is 35.7 Å². The Kier molecular flexibility index (Phi) is 13.3. The van der Waals surface area contributed by atoms with Gasteiger partial charge in [-0.15, -0.1) is 0 Å². The van der Waals surface area contributed by atoms with E-state index in [9.17, 15) is 0 Å². The van der Waals surface area contributed by atoms with E-state index in [0.717, 1.165) is 0 Å². The Bertz CT molecular complexity index is 32.5. The molecule has 0 saturated heterocycles. The molecule has 0 aromatic carbocycles. The van der Waals surface area contributed by atoms with Gasteiger partial charge in [0.25, 0.3) is 0 Å². The lowest BCUT2D eigenvalue weighted by molar-refractivity contribution is 0.205. The molecular formula is C2H8N2O2. The lowest BCUT2D eigenvalue weighted by Gasteiger charge is -1.61. The Balaban J connectivity index is 0. The van der Waals surface area contributed by atoms with E-state index in [-0.39, 0.29) is 0 Å². The van der Waals surface area contributed by atoms with Gasteiger partial charge in [-0.25, -0.2) is 4.79 Å². The summed E-state index contributed by atoms with van der Waals surface area (Å²) in [6, 6.07) is 0. The molecule has 0 aromatic heterocycles. The monoisotopic (exact) mass is 92.1 g/mol. The number of amides is 1. The van der Waals surface area contributed by atoms with Crippen molar-refractivity contribution in [2.45, 2.75) is 0 Å². The summed E-state index contributed by atoms with van der Waals surface area (Å²) < 4.78 is 0. The largest absolute Gasteiger partial charge is 0.465 e. The van der Waals surface area contributed by atoms with E-state index < -0.39 is 6.09 Å². The molecule has 0 heterocycles. The Hall–Kier alpha value is -0.770. The Morgan fingerprint density at radius 1 is 1.67 bits per heavy atom. The first-order valence-corrected chi connectivity index (χ1v) is 1.29. The first-order chi connectivity index (χ1) is 2.73. The maximum absolute atomic E-state index is 8.78. The van der Waals surface area contributed by atoms with Gasteiger partial charge in [0.1, 0.15) is 0 Å². The normalized spacial score (nSPS) is 5.00. The highest BCUT2D eigenvalue weighted by atomic mass is 16.4. The number of carboxylic acid groups (broad SMARTS) is 1. The molecule has 1 amide bonds. The standard InChI is InChI=1S/CH3NO2.CH5N/c2-1(3)4;1-2/h2H2,(H,3,4);2H2,1H3. The topological polar surface area (TPSA) is 89.3 Å². The van der Waals surface area contributed by atoms with Crippen LogP contribution in [0.1, 0.15) is 0 Å². The molecule has 38 valence electrons. The molecule has 0 bridgehead atoms. The van der Waals surface area contributed by atoms with Crippen molar-refractivity contribution in [3.05, 3.63) is 0 Å². The van der Waals surface area contributed by atoms with E-state index in [4.69, 9.17) is 9.90 Å². The summed E-state index contributed by atoms with van der Waals surface area (Å²) in [6.45, 7) is 0. The first kappa shape index (κ1) is 8.97. The maximum atomic E-state index is 8.78. The minimum Gasteiger partial charge on any atom is -0.465 e. The third kappa shape index (κ3) is 27.1. The SMILES string of the molecule is CN.NC(=O)O. The second-order valence-electron chi connectivity index (χ2n) is 0.338. The molecule has 0 fully saturated rings. The molecule has 0 unspecified atom stereocenters. The number of hydrogen-bond acceptors (Lipinski definition) is 2. The number of hydrogen-bond donors (Lipinski definition) is 3. The van der Waals surface area contributed by atoms with Crippen molar-refractivity contribution in [3.8, 4) is 0 Å². The molecule has 5 N–H and O–H groups in total. The van der Waals surface area contributed by atoms with Crippen molar-refractivity contribution in [2.75, 3.05) is 7.05 Å². The van der Waals surface area contributed by atoms with Crippen LogP contribution in [0.2, 0.25) is 0 Å². The van der Waals surface area contributed by atoms with Crippen LogP contribution in [0.3, 0.4) is 0 Å². The predicted molar refractivity (Wildman–Crippen MR) is 22.3 cm³/mol. The van der Waals surface area contributed by atoms with Gasteiger partial charge in [0, 0.05) is 0 Å². The van der Waals surface area contributed by atoms with Crippen LogP contribution in [0.15, 0.2) is 0 Å². The molecule has 4 nitrogen and oxygen atoms in total. The third-order valence-electron chi connectivity index (χ3n) is 0. The van der Waals surface area contributed by atoms with Crippen molar-refractivity contribution in [3.63, 3.8) is 0 Å². The van der Waals surface area contributed by atoms with Crippen molar-refractivity contribution < 1.29 is 9.90 Å². The smallest absolute Gasteiger partial charge is 0.402 e. The van der Waals surface area contributed by atoms with Crippen LogP contribution in [0.4, 0.5) is 4.79 Å². The number of carbonyl (C=O) groups is 1. The molecule has 0 saturated carbocycles. The lowest BCUT2D eigenvalue weighted by atomic mass is 11.3. The predicted octanol–water partition coefficient (Wildman–Crippen LogP) is -0.802. The minimum atomic E-state index is -1.33. The van der Waals surface area contributed by atoms with E-state index in [0.29, 0.717) is 0 Å². The van der Waals surface area contributed by atoms with Crippen LogP contribution in [0.5, 0.6) is 0 Å². The summed E-state index contributed by atoms with van der Waals surface area (Å²) in [5.74, 6) is 0. The fraction of sp³-hybridized carbons (Fsp3) is 0.500. The Morgan fingerprint density at radius 3 is 1.67 bits per heavy atom. The van der Waals surface area contributed by atoms with Crippen molar-refractivity contribution in [2.24, 2.45) is 11.5 Å². The van der Waals surface area contributed by atoms with Gasteiger partial charge in [-0.1, -0.05) is 0 Å². The average Bonchev–Trinajstić information content (AvgIpc) is 1.41. The van der Waals surface area contributed by atoms with Crippen LogP contribution in [0.25, 0.3) is 0 Å². The van der Waals surface area contributed by atoms with Crippen molar-refractivity contribution in [1.29, 1.82) is 0 Å². The third-order valence-corrected chi connectivity index (χ3v) is 0. The first-order valence-electron chi connectivity index (χ1n) is 1.29. The highest BCUT2D eigenvalue weighted by Gasteiger charge is 1.65. The molecular weight excluding hydrogens is 84.0 g/mol. The summed E-state index contributed by atoms with van der Waals surface area (Å²) in [5, 5.41) is 7.19. The maximum Gasteiger partial charge on any atom is 0.402 e. The van der Waals surface area contributed by atoms with Gasteiger partial charge in [0.2, 0.25) is 0 Å². The van der Waals surface area contributed by atoms with E-state index in [1.54, 1.807) is 0 Å². The van der Waals surface area contributed by atoms with Crippen molar-refractivity contribution in [1.82, 2.24) is 0 Å². The van der Waals surface area contributed by atoms with E-state index in [1.165, 1.54) is 7.05 Å². The van der Waals surface area contributed by atoms with E-state index in [1.807, 2.05) is 0 Å². The highest BCUT2D eigenvalue weighted by Crippen LogP contribution is 1.34. The average molecular weight is 92.1 g/mol. The zero-order valence-electron chi connectivity index (χ0n) is 3.51. The van der Waals surface area contributed by atoms with Gasteiger partial charge >= 0.3 is 6.09 Å². The summed E-state index contributed by atoms with van der Waals surface area (Å²) in [4.78, 5) is 8.78. The molecule has 0 radical (unpaired) electrons. The van der Waals surface area contributed by atoms with Crippen LogP contribution in [-0.4, -0.2) is 18.2 Å². The summed E-state index contributed by atoms with van der Waals surface area (Å²) >= 11 is 0. The molecule has 4 heteroatoms. The molecule has 6 heavy (non-hydrogen) atoms. The highest BCUT2D eigenvalue weighted by molar-refractivity contribution is 5.61. The van der Waals surface area contributed by atoms with Gasteiger partial charge in [0.05, 0.1) is 0 Å². The molecule has 0 spiro atoms. The van der Waals surface area contributed by atoms with Gasteiger partial charge in [0.15, 0.2) is 0 Å². The van der Waals surface area contributed by atoms with Gasteiger partial charge < -0.3 is 16.6 Å². The zero-order chi connectivity index (χ0) is 5.58. The lowest BCUT2D eigenvalue weighted by Crippen LogP contribution is -2.03. The number of rotatable bonds is 0. The molecule has 0 aromatic rings. The molecule has 0 aliphatic rings. The van der Waals surface area contributed by atoms with Gasteiger partial charge in [-0.2, -0.15) is 0 Å². The van der Waals surface area contributed by atoms with Gasteiger partial charge in [-0.05, 0) is 7.05 Å². The number of primary amides is 1. The van der Waals surface area contributed by atoms with Crippen LogP contribution in [0, 0.1) is 0 Å². The summed E-state index contributed by atoms with van der Waals surface area (Å²) in [5.41, 5.74) is 8.53. The zero-order valence-corrected chi connectivity index (χ0v) is 3.51. The molecule has 0 aliphatic heterocycles.